The van der Waals surface area contributed by atoms with Gasteiger partial charge in [0.15, 0.2) is 0 Å². The Morgan fingerprint density at radius 2 is 1.75 bits per heavy atom. The van der Waals surface area contributed by atoms with Crippen LogP contribution in [-0.4, -0.2) is 69.9 Å². The van der Waals surface area contributed by atoms with E-state index in [0.717, 1.165) is 0 Å². The van der Waals surface area contributed by atoms with E-state index in [1.165, 1.54) is 0 Å². The van der Waals surface area contributed by atoms with Gasteiger partial charge in [0.25, 0.3) is 0 Å². The maximum Gasteiger partial charge on any atom is 0.0402 e. The van der Waals surface area contributed by atoms with E-state index < -0.39 is 0 Å². The Morgan fingerprint density at radius 1 is 1.75 bits per heavy atom. The van der Waals surface area contributed by atoms with Crippen LogP contribution in [0.5, 0.6) is 0 Å². The first-order valence-corrected chi connectivity index (χ1v) is 1.02. The number of aliphatic hydroxyl groups excluding tert-OH is 1. The van der Waals surface area contributed by atoms with Gasteiger partial charge in [0.05, 0.1) is 0 Å². The van der Waals surface area contributed by atoms with Crippen LogP contribution in [0.15, 0.2) is 0 Å². The molecule has 0 atom stereocenters. The van der Waals surface area contributed by atoms with E-state index in [2.05, 4.69) is 0 Å². The number of hydrogen-bond donors (Lipinski definition) is 1. The number of aliphatic hydroxyl groups is 1. The van der Waals surface area contributed by atoms with Gasteiger partial charge in [-0.3, -0.25) is 0 Å². The van der Waals surface area contributed by atoms with Crippen molar-refractivity contribution in [2.75, 3.05) is 6.61 Å². The van der Waals surface area contributed by atoms with Crippen LogP contribution < -0.4 is 0 Å². The molecule has 0 aliphatic rings. The minimum atomic E-state index is 0. The van der Waals surface area contributed by atoms with Crippen LogP contribution in [0.2, 0.25) is 0 Å². The normalized spacial score (nSPS) is 4.50. The summed E-state index contributed by atoms with van der Waals surface area (Å²) in [6.07, 6.45) is 0. The summed E-state index contributed by atoms with van der Waals surface area (Å²) >= 11 is 0. The van der Waals surface area contributed by atoms with E-state index >= 15 is 0 Å². The monoisotopic (exact) mass is 131 g/mol. The molecule has 0 heterocycles. The van der Waals surface area contributed by atoms with Gasteiger partial charge in [0, 0.05) is 64.8 Å². The molecule has 0 rings (SSSR count). The van der Waals surface area contributed by atoms with E-state index in [4.69, 9.17) is 5.11 Å². The summed E-state index contributed by atoms with van der Waals surface area (Å²) in [5.41, 5.74) is 0. The van der Waals surface area contributed by atoms with Gasteiger partial charge >= 0.3 is 0 Å². The minimum Gasteiger partial charge on any atom is -0.397 e. The topological polar surface area (TPSA) is 20.2 Å². The second kappa shape index (κ2) is 8.83. The standard InChI is InChI=1S/C2H6O.Rb/c1-2-3;/h3H,2H2,1H3;. The van der Waals surface area contributed by atoms with Crippen molar-refractivity contribution in [3.63, 3.8) is 0 Å². The molecule has 2 heteroatoms. The molecule has 0 fully saturated rings. The van der Waals surface area contributed by atoms with Crippen molar-refractivity contribution in [2.45, 2.75) is 6.92 Å². The molecule has 0 aliphatic heterocycles. The smallest absolute Gasteiger partial charge is 0.0402 e. The molecule has 0 bridgehead atoms. The van der Waals surface area contributed by atoms with Crippen LogP contribution in [0.4, 0.5) is 0 Å². The fourth-order valence-corrected chi connectivity index (χ4v) is 0. The average Bonchev–Trinajstić information content (AvgIpc) is 0.918. The minimum absolute atomic E-state index is 0. The first-order chi connectivity index (χ1) is 1.41. The zero-order chi connectivity index (χ0) is 2.71. The van der Waals surface area contributed by atoms with Crippen LogP contribution in [0, 0.1) is 0 Å². The predicted octanol–water partition coefficient (Wildman–Crippen LogP) is -0.382. The summed E-state index contributed by atoms with van der Waals surface area (Å²) in [6, 6.07) is 0. The first-order valence-electron chi connectivity index (χ1n) is 1.02. The summed E-state index contributed by atoms with van der Waals surface area (Å²) in [5, 5.41) is 7.57. The number of rotatable bonds is 0. The van der Waals surface area contributed by atoms with Crippen molar-refractivity contribution in [2.24, 2.45) is 0 Å². The summed E-state index contributed by atoms with van der Waals surface area (Å²) in [6.45, 7) is 1.93. The molecule has 21 valence electrons. The fourth-order valence-electron chi connectivity index (χ4n) is 0. The Kier molecular flexibility index (Phi) is 20.4. The van der Waals surface area contributed by atoms with Gasteiger partial charge in [-0.05, 0) is 6.92 Å². The van der Waals surface area contributed by atoms with Crippen molar-refractivity contribution >= 4 is 58.2 Å². The molecular formula is C2H6ORb. The van der Waals surface area contributed by atoms with E-state index in [1.807, 2.05) is 0 Å². The van der Waals surface area contributed by atoms with E-state index in [9.17, 15) is 0 Å². The first kappa shape index (κ1) is 9.23. The van der Waals surface area contributed by atoms with Crippen molar-refractivity contribution in [3.8, 4) is 0 Å². The average molecular weight is 132 g/mol. The molecule has 0 aromatic carbocycles. The molecule has 0 aromatic heterocycles. The van der Waals surface area contributed by atoms with Crippen molar-refractivity contribution < 1.29 is 5.11 Å². The molecule has 4 heavy (non-hydrogen) atoms. The quantitative estimate of drug-likeness (QED) is 0.475. The SMILES string of the molecule is CCO.[Rb]. The molecule has 1 N–H and O–H groups in total. The predicted molar refractivity (Wildman–Crippen MR) is 18.5 cm³/mol. The maximum absolute atomic E-state index is 7.57. The summed E-state index contributed by atoms with van der Waals surface area (Å²) in [4.78, 5) is 0. The molecule has 0 aliphatic carbocycles. The van der Waals surface area contributed by atoms with Crippen LogP contribution in [0.25, 0.3) is 0 Å². The summed E-state index contributed by atoms with van der Waals surface area (Å²) in [7, 11) is 0. The van der Waals surface area contributed by atoms with Gasteiger partial charge in [-0.25, -0.2) is 0 Å². The second-order valence-electron chi connectivity index (χ2n) is 0.316. The maximum atomic E-state index is 7.57. The van der Waals surface area contributed by atoms with Gasteiger partial charge in [-0.1, -0.05) is 0 Å². The van der Waals surface area contributed by atoms with Crippen LogP contribution in [0.1, 0.15) is 6.92 Å². The second-order valence-corrected chi connectivity index (χ2v) is 0.316. The van der Waals surface area contributed by atoms with Crippen molar-refractivity contribution in [1.29, 1.82) is 0 Å². The van der Waals surface area contributed by atoms with Crippen molar-refractivity contribution in [3.05, 3.63) is 0 Å². The molecule has 0 amide bonds. The fraction of sp³-hybridized carbons (Fsp3) is 1.00. The van der Waals surface area contributed by atoms with Gasteiger partial charge in [-0.2, -0.15) is 0 Å². The molecular weight excluding hydrogens is 125 g/mol. The van der Waals surface area contributed by atoms with E-state index in [1.54, 1.807) is 6.92 Å². The molecule has 0 spiro atoms. The van der Waals surface area contributed by atoms with E-state index in [0.29, 0.717) is 0 Å². The largest absolute Gasteiger partial charge is 0.397 e. The molecule has 0 unspecified atom stereocenters. The molecule has 0 aromatic rings. The molecule has 0 saturated carbocycles. The summed E-state index contributed by atoms with van der Waals surface area (Å²) in [5.74, 6) is 0. The van der Waals surface area contributed by atoms with Gasteiger partial charge in [-0.15, -0.1) is 0 Å². The van der Waals surface area contributed by atoms with Gasteiger partial charge in [0.2, 0.25) is 0 Å². The Labute approximate surface area is 75.2 Å². The Bertz CT molecular complexity index is 6.00. The third-order valence-electron chi connectivity index (χ3n) is 0. The Morgan fingerprint density at radius 3 is 1.75 bits per heavy atom. The van der Waals surface area contributed by atoms with Gasteiger partial charge in [0.1, 0.15) is 0 Å². The van der Waals surface area contributed by atoms with Gasteiger partial charge < -0.3 is 5.11 Å². The van der Waals surface area contributed by atoms with Crippen LogP contribution in [0.3, 0.4) is 0 Å². The zero-order valence-corrected chi connectivity index (χ0v) is 8.07. The molecule has 0 saturated heterocycles. The molecule has 1 nitrogen and oxygen atoms in total. The third-order valence-corrected chi connectivity index (χ3v) is 0. The van der Waals surface area contributed by atoms with Crippen molar-refractivity contribution in [1.82, 2.24) is 0 Å². The molecule has 1 radical (unpaired) electrons. The Balaban J connectivity index is 0. The van der Waals surface area contributed by atoms with Crippen LogP contribution in [-0.2, 0) is 0 Å². The third kappa shape index (κ3) is 9.24. The number of hydrogen-bond acceptors (Lipinski definition) is 1. The summed E-state index contributed by atoms with van der Waals surface area (Å²) < 4.78 is 0. The zero-order valence-electron chi connectivity index (χ0n) is 3.15. The van der Waals surface area contributed by atoms with Crippen LogP contribution >= 0.6 is 0 Å². The van der Waals surface area contributed by atoms with E-state index in [-0.39, 0.29) is 64.8 Å². The Hall–Kier alpha value is 1.77.